The maximum absolute atomic E-state index is 11.9. The third kappa shape index (κ3) is 7.20. The summed E-state index contributed by atoms with van der Waals surface area (Å²) in [5.41, 5.74) is -0.292. The van der Waals surface area contributed by atoms with E-state index in [1.165, 1.54) is 23.1 Å². The van der Waals surface area contributed by atoms with Gasteiger partial charge < -0.3 is 10.4 Å². The maximum Gasteiger partial charge on any atom is 0.305 e. The molecule has 1 rings (SSSR count). The number of halogens is 1. The van der Waals surface area contributed by atoms with Crippen molar-refractivity contribution in [2.75, 3.05) is 5.75 Å². The molecule has 1 aromatic heterocycles. The Morgan fingerprint density at radius 3 is 2.57 bits per heavy atom. The van der Waals surface area contributed by atoms with Crippen molar-refractivity contribution < 1.29 is 14.7 Å². The van der Waals surface area contributed by atoms with Crippen molar-refractivity contribution in [2.24, 2.45) is 5.41 Å². The Morgan fingerprint density at radius 1 is 1.43 bits per heavy atom. The molecule has 0 fully saturated rings. The summed E-state index contributed by atoms with van der Waals surface area (Å²) in [6, 6.07) is 3.41. The van der Waals surface area contributed by atoms with E-state index < -0.39 is 5.97 Å². The number of hydrogen-bond donors (Lipinski definition) is 2. The van der Waals surface area contributed by atoms with Gasteiger partial charge in [-0.3, -0.25) is 9.59 Å². The van der Waals surface area contributed by atoms with Crippen molar-refractivity contribution in [3.05, 3.63) is 21.3 Å². The summed E-state index contributed by atoms with van der Waals surface area (Å²) in [5, 5.41) is 11.7. The maximum atomic E-state index is 11.9. The lowest BCUT2D eigenvalue weighted by atomic mass is 9.85. The predicted molar refractivity (Wildman–Crippen MR) is 89.1 cm³/mol. The number of aliphatic carboxylic acids is 1. The molecule has 1 atom stereocenters. The number of nitrogens with one attached hydrogen (secondary N) is 1. The van der Waals surface area contributed by atoms with Gasteiger partial charge in [0.15, 0.2) is 0 Å². The van der Waals surface area contributed by atoms with Gasteiger partial charge >= 0.3 is 5.97 Å². The molecule has 2 N–H and O–H groups in total. The largest absolute Gasteiger partial charge is 0.481 e. The first-order valence-corrected chi connectivity index (χ1v) is 8.86. The molecule has 1 aromatic rings. The van der Waals surface area contributed by atoms with Crippen molar-refractivity contribution in [3.63, 3.8) is 0 Å². The standard InChI is InChI=1S/C14H20ClNO3S2/c1-14(2,3)10(6-13(18)19)16-12(17)8-20-7-9-4-5-11(15)21-9/h4-5,10H,6-8H2,1-3H3,(H,16,17)(H,18,19). The number of carbonyl (C=O) groups excluding carboxylic acids is 1. The molecule has 21 heavy (non-hydrogen) atoms. The Hall–Kier alpha value is -0.720. The number of carboxylic acid groups (broad SMARTS) is 1. The second-order valence-corrected chi connectivity index (χ2v) is 8.57. The molecule has 1 unspecified atom stereocenters. The number of thiophene rings is 1. The average molecular weight is 350 g/mol. The number of amides is 1. The number of carbonyl (C=O) groups is 2. The Balaban J connectivity index is 2.41. The first kappa shape index (κ1) is 18.3. The van der Waals surface area contributed by atoms with Gasteiger partial charge in [-0.25, -0.2) is 0 Å². The zero-order valence-electron chi connectivity index (χ0n) is 12.3. The van der Waals surface area contributed by atoms with Gasteiger partial charge in [-0.2, -0.15) is 0 Å². The number of hydrogen-bond acceptors (Lipinski definition) is 4. The van der Waals surface area contributed by atoms with Crippen LogP contribution in [-0.4, -0.2) is 28.8 Å². The fourth-order valence-electron chi connectivity index (χ4n) is 1.66. The highest BCUT2D eigenvalue weighted by atomic mass is 35.5. The normalized spacial score (nSPS) is 13.0. The highest BCUT2D eigenvalue weighted by molar-refractivity contribution is 7.99. The zero-order valence-corrected chi connectivity index (χ0v) is 14.7. The molecule has 7 heteroatoms. The van der Waals surface area contributed by atoms with Crippen LogP contribution in [0.25, 0.3) is 0 Å². The van der Waals surface area contributed by atoms with Crippen LogP contribution in [0.5, 0.6) is 0 Å². The van der Waals surface area contributed by atoms with Crippen LogP contribution >= 0.6 is 34.7 Å². The lowest BCUT2D eigenvalue weighted by Crippen LogP contribution is -2.45. The molecule has 0 saturated carbocycles. The van der Waals surface area contributed by atoms with Crippen molar-refractivity contribution in [2.45, 2.75) is 39.0 Å². The van der Waals surface area contributed by atoms with E-state index in [-0.39, 0.29) is 23.8 Å². The van der Waals surface area contributed by atoms with Gasteiger partial charge in [-0.05, 0) is 17.5 Å². The van der Waals surface area contributed by atoms with E-state index in [9.17, 15) is 9.59 Å². The molecule has 0 aromatic carbocycles. The van der Waals surface area contributed by atoms with Gasteiger partial charge in [0.1, 0.15) is 0 Å². The van der Waals surface area contributed by atoms with Crippen LogP contribution < -0.4 is 5.32 Å². The van der Waals surface area contributed by atoms with Crippen molar-refractivity contribution in [1.29, 1.82) is 0 Å². The second kappa shape index (κ2) is 8.06. The lowest BCUT2D eigenvalue weighted by molar-refractivity contribution is -0.138. The van der Waals surface area contributed by atoms with E-state index in [1.807, 2.05) is 32.9 Å². The zero-order chi connectivity index (χ0) is 16.0. The van der Waals surface area contributed by atoms with Crippen LogP contribution in [0.3, 0.4) is 0 Å². The predicted octanol–water partition coefficient (Wildman–Crippen LogP) is 3.64. The SMILES string of the molecule is CC(C)(C)C(CC(=O)O)NC(=O)CSCc1ccc(Cl)s1. The summed E-state index contributed by atoms with van der Waals surface area (Å²) in [7, 11) is 0. The van der Waals surface area contributed by atoms with Crippen molar-refractivity contribution >= 4 is 46.6 Å². The molecule has 1 amide bonds. The molecular weight excluding hydrogens is 330 g/mol. The Morgan fingerprint density at radius 2 is 2.10 bits per heavy atom. The summed E-state index contributed by atoms with van der Waals surface area (Å²) in [4.78, 5) is 23.9. The quantitative estimate of drug-likeness (QED) is 0.788. The summed E-state index contributed by atoms with van der Waals surface area (Å²) in [5.74, 6) is -0.00836. The molecule has 118 valence electrons. The van der Waals surface area contributed by atoms with Crippen LogP contribution in [0, 0.1) is 5.41 Å². The molecule has 0 aliphatic heterocycles. The molecule has 0 saturated heterocycles. The second-order valence-electron chi connectivity index (χ2n) is 5.78. The van der Waals surface area contributed by atoms with E-state index in [1.54, 1.807) is 0 Å². The molecule has 0 aliphatic carbocycles. The molecule has 0 aliphatic rings. The summed E-state index contributed by atoms with van der Waals surface area (Å²) in [6.45, 7) is 5.75. The third-order valence-electron chi connectivity index (χ3n) is 2.87. The van der Waals surface area contributed by atoms with Gasteiger partial charge in [0.2, 0.25) is 5.91 Å². The Labute approximate surface area is 138 Å². The fraction of sp³-hybridized carbons (Fsp3) is 0.571. The van der Waals surface area contributed by atoms with Crippen LogP contribution in [0.4, 0.5) is 0 Å². The van der Waals surface area contributed by atoms with E-state index in [2.05, 4.69) is 5.32 Å². The van der Waals surface area contributed by atoms with Crippen LogP contribution in [0.1, 0.15) is 32.1 Å². The monoisotopic (exact) mass is 349 g/mol. The van der Waals surface area contributed by atoms with Gasteiger partial charge in [0.05, 0.1) is 16.5 Å². The minimum absolute atomic E-state index is 0.0690. The Bertz CT molecular complexity index is 497. The van der Waals surface area contributed by atoms with Crippen molar-refractivity contribution in [1.82, 2.24) is 5.32 Å². The lowest BCUT2D eigenvalue weighted by Gasteiger charge is -2.30. The number of rotatable bonds is 7. The molecular formula is C14H20ClNO3S2. The van der Waals surface area contributed by atoms with Crippen LogP contribution in [-0.2, 0) is 15.3 Å². The summed E-state index contributed by atoms with van der Waals surface area (Å²) in [6.07, 6.45) is -0.0690. The van der Waals surface area contributed by atoms with E-state index in [0.717, 1.165) is 15.0 Å². The van der Waals surface area contributed by atoms with E-state index in [4.69, 9.17) is 16.7 Å². The van der Waals surface area contributed by atoms with Crippen LogP contribution in [0.2, 0.25) is 4.34 Å². The van der Waals surface area contributed by atoms with Gasteiger partial charge in [0, 0.05) is 16.7 Å². The van der Waals surface area contributed by atoms with E-state index in [0.29, 0.717) is 5.75 Å². The fourth-order valence-corrected chi connectivity index (χ4v) is 3.69. The Kier molecular flexibility index (Phi) is 7.03. The molecule has 0 bridgehead atoms. The highest BCUT2D eigenvalue weighted by Gasteiger charge is 2.28. The molecule has 0 radical (unpaired) electrons. The van der Waals surface area contributed by atoms with Crippen molar-refractivity contribution in [3.8, 4) is 0 Å². The topological polar surface area (TPSA) is 66.4 Å². The first-order chi connectivity index (χ1) is 9.68. The van der Waals surface area contributed by atoms with E-state index >= 15 is 0 Å². The average Bonchev–Trinajstić information content (AvgIpc) is 2.72. The minimum Gasteiger partial charge on any atom is -0.481 e. The van der Waals surface area contributed by atoms with Gasteiger partial charge in [0.25, 0.3) is 0 Å². The first-order valence-electron chi connectivity index (χ1n) is 6.51. The molecule has 4 nitrogen and oxygen atoms in total. The number of thioether (sulfide) groups is 1. The van der Waals surface area contributed by atoms with Gasteiger partial charge in [-0.15, -0.1) is 23.1 Å². The number of carboxylic acids is 1. The van der Waals surface area contributed by atoms with Crippen LogP contribution in [0.15, 0.2) is 12.1 Å². The minimum atomic E-state index is -0.906. The molecule has 0 spiro atoms. The summed E-state index contributed by atoms with van der Waals surface area (Å²) < 4.78 is 0.740. The smallest absolute Gasteiger partial charge is 0.305 e. The summed E-state index contributed by atoms with van der Waals surface area (Å²) >= 11 is 8.84. The highest BCUT2D eigenvalue weighted by Crippen LogP contribution is 2.25. The van der Waals surface area contributed by atoms with Gasteiger partial charge in [-0.1, -0.05) is 32.4 Å². The third-order valence-corrected chi connectivity index (χ3v) is 5.26. The molecule has 1 heterocycles.